The van der Waals surface area contributed by atoms with Gasteiger partial charge in [-0.05, 0) is 48.0 Å². The summed E-state index contributed by atoms with van der Waals surface area (Å²) in [4.78, 5) is 15.3. The maximum absolute atomic E-state index is 11.9. The number of hydrogen-bond acceptors (Lipinski definition) is 5. The summed E-state index contributed by atoms with van der Waals surface area (Å²) in [6.45, 7) is 0. The number of amides is 1. The summed E-state index contributed by atoms with van der Waals surface area (Å²) in [5.74, 6) is -0.322. The molecule has 0 fully saturated rings. The first-order valence-corrected chi connectivity index (χ1v) is 8.03. The van der Waals surface area contributed by atoms with Crippen molar-refractivity contribution in [3.63, 3.8) is 0 Å². The van der Waals surface area contributed by atoms with Gasteiger partial charge in [0.2, 0.25) is 0 Å². The molecule has 0 heterocycles. The van der Waals surface area contributed by atoms with Crippen LogP contribution in [-0.4, -0.2) is 39.0 Å². The van der Waals surface area contributed by atoms with E-state index in [0.717, 1.165) is 16.9 Å². The number of hydrogen-bond donors (Lipinski definition) is 0. The maximum atomic E-state index is 11.9. The number of nitrogens with zero attached hydrogens (tertiary/aromatic N) is 5. The fourth-order valence-electron chi connectivity index (χ4n) is 2.12. The molecule has 0 saturated carbocycles. The van der Waals surface area contributed by atoms with Crippen molar-refractivity contribution in [3.05, 3.63) is 59.7 Å². The first-order valence-electron chi connectivity index (χ1n) is 8.03. The number of likely N-dealkylation sites (N-methyl/N-ethyl adjacent to an activating group) is 1. The molecule has 0 atom stereocenters. The third-order valence-corrected chi connectivity index (χ3v) is 3.61. The van der Waals surface area contributed by atoms with Crippen LogP contribution in [0.15, 0.2) is 64.3 Å². The summed E-state index contributed by atoms with van der Waals surface area (Å²) in [5.41, 5.74) is 3.40. The second kappa shape index (κ2) is 8.58. The molecule has 0 spiro atoms. The Bertz CT molecular complexity index is 857. The largest absolute Gasteiger partial charge is 0.378 e. The molecular weight excluding hydrogens is 326 g/mol. The Kier molecular flexibility index (Phi) is 6.23. The average molecular weight is 347 g/mol. The molecule has 0 N–H and O–H groups in total. The first kappa shape index (κ1) is 18.9. The van der Waals surface area contributed by atoms with E-state index in [9.17, 15) is 4.79 Å². The second-order valence-electron chi connectivity index (χ2n) is 6.07. The van der Waals surface area contributed by atoms with Gasteiger partial charge < -0.3 is 9.80 Å². The number of nitriles is 1. The third-order valence-electron chi connectivity index (χ3n) is 3.61. The van der Waals surface area contributed by atoms with Crippen LogP contribution in [0.4, 0.5) is 17.1 Å². The van der Waals surface area contributed by atoms with Crippen LogP contribution in [0.5, 0.6) is 0 Å². The zero-order chi connectivity index (χ0) is 19.1. The van der Waals surface area contributed by atoms with E-state index < -0.39 is 0 Å². The summed E-state index contributed by atoms with van der Waals surface area (Å²) >= 11 is 0. The van der Waals surface area contributed by atoms with Crippen LogP contribution in [-0.2, 0) is 4.79 Å². The van der Waals surface area contributed by atoms with E-state index >= 15 is 0 Å². The van der Waals surface area contributed by atoms with Gasteiger partial charge in [0.25, 0.3) is 5.91 Å². The van der Waals surface area contributed by atoms with E-state index in [0.29, 0.717) is 5.69 Å². The van der Waals surface area contributed by atoms with E-state index in [1.165, 1.54) is 4.90 Å². The summed E-state index contributed by atoms with van der Waals surface area (Å²) in [6.07, 6.45) is 1.56. The minimum Gasteiger partial charge on any atom is -0.378 e. The van der Waals surface area contributed by atoms with E-state index in [1.54, 1.807) is 44.4 Å². The van der Waals surface area contributed by atoms with Crippen molar-refractivity contribution in [2.24, 2.45) is 10.2 Å². The van der Waals surface area contributed by atoms with E-state index in [2.05, 4.69) is 10.2 Å². The van der Waals surface area contributed by atoms with Crippen LogP contribution >= 0.6 is 0 Å². The molecule has 26 heavy (non-hydrogen) atoms. The van der Waals surface area contributed by atoms with Gasteiger partial charge in [0, 0.05) is 33.9 Å². The van der Waals surface area contributed by atoms with Gasteiger partial charge in [0.15, 0.2) is 0 Å². The smallest absolute Gasteiger partial charge is 0.264 e. The van der Waals surface area contributed by atoms with Gasteiger partial charge in [-0.2, -0.15) is 15.5 Å². The summed E-state index contributed by atoms with van der Waals surface area (Å²) in [6, 6.07) is 16.9. The van der Waals surface area contributed by atoms with Crippen molar-refractivity contribution in [2.45, 2.75) is 0 Å². The Balaban J connectivity index is 2.12. The molecule has 6 heteroatoms. The molecule has 0 aromatic heterocycles. The third kappa shape index (κ3) is 5.02. The molecule has 0 aliphatic rings. The van der Waals surface area contributed by atoms with Crippen molar-refractivity contribution in [1.29, 1.82) is 5.26 Å². The maximum Gasteiger partial charge on any atom is 0.264 e. The van der Waals surface area contributed by atoms with Gasteiger partial charge in [-0.1, -0.05) is 12.1 Å². The van der Waals surface area contributed by atoms with Crippen molar-refractivity contribution < 1.29 is 4.79 Å². The number of anilines is 1. The molecule has 2 aromatic rings. The van der Waals surface area contributed by atoms with Crippen LogP contribution < -0.4 is 4.90 Å². The van der Waals surface area contributed by atoms with E-state index in [1.807, 2.05) is 49.3 Å². The fraction of sp³-hybridized carbons (Fsp3) is 0.200. The van der Waals surface area contributed by atoms with Crippen LogP contribution in [0.3, 0.4) is 0 Å². The highest BCUT2D eigenvalue weighted by atomic mass is 16.2. The minimum absolute atomic E-state index is 0.0883. The van der Waals surface area contributed by atoms with Gasteiger partial charge >= 0.3 is 0 Å². The van der Waals surface area contributed by atoms with E-state index in [4.69, 9.17) is 5.26 Å². The van der Waals surface area contributed by atoms with Gasteiger partial charge in [-0.3, -0.25) is 4.79 Å². The lowest BCUT2D eigenvalue weighted by atomic mass is 10.1. The molecule has 0 radical (unpaired) electrons. The highest BCUT2D eigenvalue weighted by Crippen LogP contribution is 2.22. The molecular formula is C20H21N5O. The Morgan fingerprint density at radius 3 is 1.85 bits per heavy atom. The van der Waals surface area contributed by atoms with Crippen LogP contribution in [0.25, 0.3) is 6.08 Å². The zero-order valence-electron chi connectivity index (χ0n) is 15.3. The molecule has 0 aliphatic carbocycles. The standard InChI is InChI=1S/C20H21N5O/c1-24(2)19-11-9-18(10-12-19)23-22-17-7-5-15(6-8-17)13-16(14-21)20(26)25(3)4/h5-13H,1-4H3/b16-13+,23-22?. The first-order chi connectivity index (χ1) is 12.4. The quantitative estimate of drug-likeness (QED) is 0.463. The summed E-state index contributed by atoms with van der Waals surface area (Å²) in [7, 11) is 7.19. The molecule has 0 unspecified atom stereocenters. The SMILES string of the molecule is CN(C)C(=O)/C(C#N)=C/c1ccc(N=Nc2ccc(N(C)C)cc2)cc1. The highest BCUT2D eigenvalue weighted by Gasteiger charge is 2.10. The Labute approximate surface area is 153 Å². The molecule has 2 rings (SSSR count). The van der Waals surface area contributed by atoms with Crippen molar-refractivity contribution in [1.82, 2.24) is 4.90 Å². The van der Waals surface area contributed by atoms with Crippen molar-refractivity contribution in [2.75, 3.05) is 33.1 Å². The van der Waals surface area contributed by atoms with Gasteiger partial charge in [0.05, 0.1) is 11.4 Å². The average Bonchev–Trinajstić information content (AvgIpc) is 2.65. The van der Waals surface area contributed by atoms with Gasteiger partial charge in [-0.15, -0.1) is 0 Å². The van der Waals surface area contributed by atoms with Crippen molar-refractivity contribution in [3.8, 4) is 6.07 Å². The van der Waals surface area contributed by atoms with Crippen LogP contribution in [0.1, 0.15) is 5.56 Å². The topological polar surface area (TPSA) is 72.1 Å². The lowest BCUT2D eigenvalue weighted by molar-refractivity contribution is -0.124. The molecule has 2 aromatic carbocycles. The number of benzene rings is 2. The molecule has 132 valence electrons. The lowest BCUT2D eigenvalue weighted by Gasteiger charge is -2.11. The van der Waals surface area contributed by atoms with E-state index in [-0.39, 0.29) is 11.5 Å². The molecule has 0 aliphatic heterocycles. The van der Waals surface area contributed by atoms with Crippen LogP contribution in [0.2, 0.25) is 0 Å². The molecule has 1 amide bonds. The summed E-state index contributed by atoms with van der Waals surface area (Å²) in [5, 5.41) is 17.5. The Morgan fingerprint density at radius 1 is 0.923 bits per heavy atom. The molecule has 0 saturated heterocycles. The highest BCUT2D eigenvalue weighted by molar-refractivity contribution is 6.01. The second-order valence-corrected chi connectivity index (χ2v) is 6.07. The predicted octanol–water partition coefficient (Wildman–Crippen LogP) is 4.16. The Morgan fingerprint density at radius 2 is 1.42 bits per heavy atom. The monoisotopic (exact) mass is 347 g/mol. The lowest BCUT2D eigenvalue weighted by Crippen LogP contribution is -2.22. The number of rotatable bonds is 5. The normalized spacial score (nSPS) is 11.3. The Hall–Kier alpha value is -3.46. The number of carbonyl (C=O) groups is 1. The number of azo groups is 1. The molecule has 0 bridgehead atoms. The number of carbonyl (C=O) groups excluding carboxylic acids is 1. The minimum atomic E-state index is -0.322. The predicted molar refractivity (Wildman–Crippen MR) is 104 cm³/mol. The van der Waals surface area contributed by atoms with Crippen molar-refractivity contribution >= 4 is 29.0 Å². The molecule has 6 nitrogen and oxygen atoms in total. The zero-order valence-corrected chi connectivity index (χ0v) is 15.3. The van der Waals surface area contributed by atoms with Gasteiger partial charge in [-0.25, -0.2) is 0 Å². The fourth-order valence-corrected chi connectivity index (χ4v) is 2.12. The van der Waals surface area contributed by atoms with Crippen LogP contribution in [0, 0.1) is 11.3 Å². The summed E-state index contributed by atoms with van der Waals surface area (Å²) < 4.78 is 0. The van der Waals surface area contributed by atoms with Gasteiger partial charge in [0.1, 0.15) is 11.6 Å².